The number of hydrogen-bond donors (Lipinski definition) is 2. The van der Waals surface area contributed by atoms with Gasteiger partial charge in [0.1, 0.15) is 11.4 Å². The Hall–Kier alpha value is -3.38. The van der Waals surface area contributed by atoms with Crippen LogP contribution in [0.15, 0.2) is 12.1 Å². The third-order valence-electron chi connectivity index (χ3n) is 5.89. The lowest BCUT2D eigenvalue weighted by molar-refractivity contribution is -0.148. The van der Waals surface area contributed by atoms with Gasteiger partial charge < -0.3 is 19.9 Å². The van der Waals surface area contributed by atoms with Crippen LogP contribution in [0.4, 0.5) is 18.0 Å². The lowest BCUT2D eigenvalue weighted by atomic mass is 9.74. The van der Waals surface area contributed by atoms with Crippen LogP contribution in [0.2, 0.25) is 0 Å². The molecule has 2 aromatic heterocycles. The van der Waals surface area contributed by atoms with Crippen LogP contribution in [0.1, 0.15) is 37.6 Å². The molecule has 3 rings (SSSR count). The molecular weight excluding hydrogens is 471 g/mol. The number of nitrogens with zero attached hydrogens (tertiary/aromatic N) is 4. The summed E-state index contributed by atoms with van der Waals surface area (Å²) in [4.78, 5) is 27.6. The van der Waals surface area contributed by atoms with Gasteiger partial charge in [-0.25, -0.2) is 14.5 Å². The number of aryl methyl sites for hydroxylation is 2. The number of rotatable bonds is 10. The van der Waals surface area contributed by atoms with Crippen LogP contribution in [0.5, 0.6) is 5.75 Å². The highest BCUT2D eigenvalue weighted by atomic mass is 19.4. The first kappa shape index (κ1) is 26.2. The molecule has 1 amide bonds. The van der Waals surface area contributed by atoms with E-state index in [9.17, 15) is 22.8 Å². The van der Waals surface area contributed by atoms with Gasteiger partial charge in [-0.15, -0.1) is 5.10 Å². The maximum Gasteiger partial charge on any atom is 0.407 e. The molecule has 1 unspecified atom stereocenters. The number of aromatic nitrogens is 4. The Kier molecular flexibility index (Phi) is 8.18. The predicted octanol–water partition coefficient (Wildman–Crippen LogP) is 3.49. The number of hydrogen-bond acceptors (Lipinski definition) is 7. The molecule has 3 atom stereocenters. The Balaban J connectivity index is 1.58. The van der Waals surface area contributed by atoms with Crippen molar-refractivity contribution in [1.29, 1.82) is 0 Å². The van der Waals surface area contributed by atoms with Crippen LogP contribution in [0.3, 0.4) is 0 Å². The number of carbonyl (C=O) groups excluding carboxylic acids is 1. The third kappa shape index (κ3) is 7.06. The van der Waals surface area contributed by atoms with Crippen LogP contribution in [-0.4, -0.2) is 56.5 Å². The van der Waals surface area contributed by atoms with E-state index in [0.717, 1.165) is 6.42 Å². The highest BCUT2D eigenvalue weighted by molar-refractivity contribution is 5.71. The summed E-state index contributed by atoms with van der Waals surface area (Å²) < 4.78 is 49.3. The smallest absolute Gasteiger partial charge is 0.407 e. The number of carbonyl (C=O) groups is 2. The second kappa shape index (κ2) is 10.9. The SMILES string of the molecule is Cc1nc(-c2nnn(C)c2CNC(=O)OCC(C)CC(F)(F)F)ccc1OC[C@@H]1CC[C@H]1C(=O)O. The molecule has 2 heterocycles. The lowest BCUT2D eigenvalue weighted by Crippen LogP contribution is -2.36. The number of aliphatic carboxylic acids is 1. The minimum Gasteiger partial charge on any atom is -0.491 e. The fraction of sp³-hybridized carbons (Fsp3) is 0.591. The Labute approximate surface area is 199 Å². The van der Waals surface area contributed by atoms with Crippen molar-refractivity contribution in [3.05, 3.63) is 23.5 Å². The van der Waals surface area contributed by atoms with Crippen LogP contribution in [-0.2, 0) is 23.1 Å². The molecule has 0 aromatic carbocycles. The average Bonchev–Trinajstić information content (AvgIpc) is 3.09. The van der Waals surface area contributed by atoms with E-state index in [4.69, 9.17) is 14.6 Å². The first-order valence-corrected chi connectivity index (χ1v) is 11.1. The molecule has 2 N–H and O–H groups in total. The van der Waals surface area contributed by atoms with Gasteiger partial charge in [0.05, 0.1) is 42.8 Å². The Morgan fingerprint density at radius 1 is 1.31 bits per heavy atom. The van der Waals surface area contributed by atoms with Gasteiger partial charge >= 0.3 is 18.2 Å². The summed E-state index contributed by atoms with van der Waals surface area (Å²) in [7, 11) is 1.63. The van der Waals surface area contributed by atoms with Crippen molar-refractivity contribution in [3.8, 4) is 17.1 Å². The highest BCUT2D eigenvalue weighted by Gasteiger charge is 2.37. The summed E-state index contributed by atoms with van der Waals surface area (Å²) in [5, 5.41) is 19.7. The van der Waals surface area contributed by atoms with Crippen molar-refractivity contribution in [2.45, 2.75) is 45.8 Å². The number of ether oxygens (including phenoxy) is 2. The number of alkyl halides is 3. The standard InChI is InChI=1S/C22H28F3N5O5/c1-12(8-22(23,24)25)10-35-21(33)26-9-17-19(28-29-30(17)3)16-6-7-18(13(2)27-16)34-11-14-4-5-15(14)20(31)32/h6-7,12,14-15H,4-5,8-11H2,1-3H3,(H,26,33)(H,31,32)/t12?,14-,15+/m0/s1. The number of amides is 1. The molecule has 0 spiro atoms. The molecule has 0 saturated heterocycles. The number of carboxylic acids is 1. The molecule has 0 bridgehead atoms. The van der Waals surface area contributed by atoms with Gasteiger partial charge in [-0.2, -0.15) is 13.2 Å². The van der Waals surface area contributed by atoms with Crippen molar-refractivity contribution in [3.63, 3.8) is 0 Å². The van der Waals surface area contributed by atoms with E-state index in [1.54, 1.807) is 26.1 Å². The molecule has 13 heteroatoms. The van der Waals surface area contributed by atoms with Crippen molar-refractivity contribution in [2.24, 2.45) is 24.8 Å². The molecule has 10 nitrogen and oxygen atoms in total. The maximum atomic E-state index is 12.4. The summed E-state index contributed by atoms with van der Waals surface area (Å²) >= 11 is 0. The zero-order chi connectivity index (χ0) is 25.8. The molecule has 1 aliphatic rings. The molecule has 1 fully saturated rings. The number of carboxylic acid groups (broad SMARTS) is 1. The van der Waals surface area contributed by atoms with Gasteiger partial charge in [-0.3, -0.25) is 4.79 Å². The van der Waals surface area contributed by atoms with E-state index >= 15 is 0 Å². The first-order chi connectivity index (χ1) is 16.4. The van der Waals surface area contributed by atoms with E-state index in [-0.39, 0.29) is 25.0 Å². The van der Waals surface area contributed by atoms with E-state index < -0.39 is 30.6 Å². The van der Waals surface area contributed by atoms with Crippen LogP contribution >= 0.6 is 0 Å². The summed E-state index contributed by atoms with van der Waals surface area (Å²) in [6.07, 6.45) is -4.75. The van der Waals surface area contributed by atoms with E-state index in [1.807, 2.05) is 0 Å². The van der Waals surface area contributed by atoms with Gasteiger partial charge in [0.15, 0.2) is 0 Å². The van der Waals surface area contributed by atoms with Gasteiger partial charge in [-0.1, -0.05) is 12.1 Å². The monoisotopic (exact) mass is 499 g/mol. The molecule has 1 aliphatic carbocycles. The second-order valence-electron chi connectivity index (χ2n) is 8.76. The first-order valence-electron chi connectivity index (χ1n) is 11.1. The van der Waals surface area contributed by atoms with Gasteiger partial charge in [0.2, 0.25) is 0 Å². The predicted molar refractivity (Wildman–Crippen MR) is 116 cm³/mol. The molecule has 1 saturated carbocycles. The van der Waals surface area contributed by atoms with Crippen molar-refractivity contribution >= 4 is 12.1 Å². The summed E-state index contributed by atoms with van der Waals surface area (Å²) in [5.74, 6) is -1.54. The average molecular weight is 499 g/mol. The topological polar surface area (TPSA) is 128 Å². The molecule has 192 valence electrons. The lowest BCUT2D eigenvalue weighted by Gasteiger charge is -2.33. The molecule has 0 aliphatic heterocycles. The summed E-state index contributed by atoms with van der Waals surface area (Å²) in [6, 6.07) is 3.40. The number of nitrogens with one attached hydrogen (secondary N) is 1. The third-order valence-corrected chi connectivity index (χ3v) is 5.89. The Morgan fingerprint density at radius 3 is 2.66 bits per heavy atom. The molecular formula is C22H28F3N5O5. The van der Waals surface area contributed by atoms with Crippen molar-refractivity contribution < 1.29 is 37.3 Å². The van der Waals surface area contributed by atoms with Crippen LogP contribution in [0, 0.1) is 24.7 Å². The Morgan fingerprint density at radius 2 is 2.06 bits per heavy atom. The minimum atomic E-state index is -4.32. The summed E-state index contributed by atoms with van der Waals surface area (Å²) in [5.41, 5.74) is 2.00. The van der Waals surface area contributed by atoms with E-state index in [2.05, 4.69) is 20.6 Å². The van der Waals surface area contributed by atoms with Gasteiger partial charge in [0.25, 0.3) is 0 Å². The fourth-order valence-corrected chi connectivity index (χ4v) is 3.78. The zero-order valence-corrected chi connectivity index (χ0v) is 19.6. The number of alkyl carbamates (subject to hydrolysis) is 1. The molecule has 35 heavy (non-hydrogen) atoms. The quantitative estimate of drug-likeness (QED) is 0.508. The zero-order valence-electron chi connectivity index (χ0n) is 19.6. The van der Waals surface area contributed by atoms with Crippen LogP contribution in [0.25, 0.3) is 11.4 Å². The second-order valence-corrected chi connectivity index (χ2v) is 8.76. The van der Waals surface area contributed by atoms with Crippen molar-refractivity contribution in [2.75, 3.05) is 13.2 Å². The number of halogens is 3. The van der Waals surface area contributed by atoms with Gasteiger partial charge in [0, 0.05) is 19.4 Å². The van der Waals surface area contributed by atoms with E-state index in [0.29, 0.717) is 41.6 Å². The molecule has 0 radical (unpaired) electrons. The minimum absolute atomic E-state index is 0.0252. The Bertz CT molecular complexity index is 1060. The normalized spacial score (nSPS) is 18.5. The highest BCUT2D eigenvalue weighted by Crippen LogP contribution is 2.35. The summed E-state index contributed by atoms with van der Waals surface area (Å²) in [6.45, 7) is 3.01. The largest absolute Gasteiger partial charge is 0.491 e. The molecule has 2 aromatic rings. The van der Waals surface area contributed by atoms with Crippen molar-refractivity contribution in [1.82, 2.24) is 25.3 Å². The number of pyridine rings is 1. The van der Waals surface area contributed by atoms with Gasteiger partial charge in [-0.05, 0) is 37.8 Å². The van der Waals surface area contributed by atoms with E-state index in [1.165, 1.54) is 11.6 Å². The van der Waals surface area contributed by atoms with Crippen LogP contribution < -0.4 is 10.1 Å². The fourth-order valence-electron chi connectivity index (χ4n) is 3.78. The maximum absolute atomic E-state index is 12.4.